The van der Waals surface area contributed by atoms with Crippen molar-refractivity contribution in [2.75, 3.05) is 7.11 Å². The first-order valence-corrected chi connectivity index (χ1v) is 8.99. The minimum Gasteiger partial charge on any atom is -0.496 e. The quantitative estimate of drug-likeness (QED) is 0.778. The number of benzene rings is 1. The van der Waals surface area contributed by atoms with Gasteiger partial charge in [0.15, 0.2) is 0 Å². The summed E-state index contributed by atoms with van der Waals surface area (Å²) in [5.74, 6) is 0.274. The van der Waals surface area contributed by atoms with Crippen LogP contribution in [0.1, 0.15) is 32.3 Å². The molecule has 0 heterocycles. The zero-order valence-corrected chi connectivity index (χ0v) is 13.9. The predicted octanol–water partition coefficient (Wildman–Crippen LogP) is 2.47. The van der Waals surface area contributed by atoms with Crippen molar-refractivity contribution in [2.24, 2.45) is 0 Å². The van der Waals surface area contributed by atoms with Crippen molar-refractivity contribution in [2.45, 2.75) is 44.0 Å². The summed E-state index contributed by atoms with van der Waals surface area (Å²) in [7, 11) is 2.95. The molecule has 0 aliphatic rings. The smallest absolute Gasteiger partial charge is 0.261 e. The lowest BCUT2D eigenvalue weighted by Crippen LogP contribution is -2.33. The topological polar surface area (TPSA) is 72.5 Å². The number of carbonyl (C=O) groups excluding carboxylic acids is 1. The van der Waals surface area contributed by atoms with Crippen molar-refractivity contribution in [3.05, 3.63) is 23.8 Å². The molecule has 0 saturated carbocycles. The molecule has 1 aromatic rings. The number of ether oxygens (including phenoxy) is 1. The largest absolute Gasteiger partial charge is 0.496 e. The van der Waals surface area contributed by atoms with Crippen LogP contribution in [-0.2, 0) is 20.3 Å². The average molecular weight is 334 g/mol. The Bertz CT molecular complexity index is 601. The standard InChI is InChI=1S/C14H20ClNO4S/c1-4-5-10(2)16-14(17)9-11-8-12(21(15,18)19)6-7-13(11)20-3/h6-8,10H,4-5,9H2,1-3H3,(H,16,17). The van der Waals surface area contributed by atoms with Crippen molar-refractivity contribution in [1.29, 1.82) is 0 Å². The van der Waals surface area contributed by atoms with E-state index in [0.717, 1.165) is 12.8 Å². The van der Waals surface area contributed by atoms with Crippen LogP contribution in [0.25, 0.3) is 0 Å². The second-order valence-electron chi connectivity index (χ2n) is 4.85. The first-order chi connectivity index (χ1) is 9.77. The summed E-state index contributed by atoms with van der Waals surface area (Å²) in [5, 5.41) is 2.86. The van der Waals surface area contributed by atoms with Crippen LogP contribution in [0.3, 0.4) is 0 Å². The maximum atomic E-state index is 12.0. The molecule has 0 aliphatic carbocycles. The Morgan fingerprint density at radius 1 is 1.43 bits per heavy atom. The summed E-state index contributed by atoms with van der Waals surface area (Å²) in [6.07, 6.45) is 1.90. The lowest BCUT2D eigenvalue weighted by Gasteiger charge is -2.14. The number of nitrogens with one attached hydrogen (secondary N) is 1. The summed E-state index contributed by atoms with van der Waals surface area (Å²) in [5.41, 5.74) is 0.487. The molecular formula is C14H20ClNO4S. The first kappa shape index (κ1) is 17.8. The fourth-order valence-electron chi connectivity index (χ4n) is 2.05. The van der Waals surface area contributed by atoms with Gasteiger partial charge in [-0.05, 0) is 31.5 Å². The highest BCUT2D eigenvalue weighted by Gasteiger charge is 2.16. The molecule has 1 atom stereocenters. The minimum absolute atomic E-state index is 0.0392. The van der Waals surface area contributed by atoms with Crippen molar-refractivity contribution >= 4 is 25.6 Å². The van der Waals surface area contributed by atoms with Crippen LogP contribution < -0.4 is 10.1 Å². The zero-order chi connectivity index (χ0) is 16.0. The van der Waals surface area contributed by atoms with Crippen LogP contribution in [0.2, 0.25) is 0 Å². The number of carbonyl (C=O) groups is 1. The lowest BCUT2D eigenvalue weighted by atomic mass is 10.1. The molecule has 7 heteroatoms. The van der Waals surface area contributed by atoms with Gasteiger partial charge < -0.3 is 10.1 Å². The Morgan fingerprint density at radius 2 is 2.10 bits per heavy atom. The van der Waals surface area contributed by atoms with E-state index in [1.165, 1.54) is 25.3 Å². The number of hydrogen-bond acceptors (Lipinski definition) is 4. The maximum Gasteiger partial charge on any atom is 0.261 e. The highest BCUT2D eigenvalue weighted by Crippen LogP contribution is 2.25. The fraction of sp³-hybridized carbons (Fsp3) is 0.500. The van der Waals surface area contributed by atoms with Gasteiger partial charge in [0.2, 0.25) is 5.91 Å². The molecule has 1 unspecified atom stereocenters. The van der Waals surface area contributed by atoms with Gasteiger partial charge in [0, 0.05) is 22.3 Å². The van der Waals surface area contributed by atoms with E-state index in [1.807, 2.05) is 13.8 Å². The molecule has 0 aliphatic heterocycles. The lowest BCUT2D eigenvalue weighted by molar-refractivity contribution is -0.121. The van der Waals surface area contributed by atoms with Gasteiger partial charge in [0.05, 0.1) is 18.4 Å². The van der Waals surface area contributed by atoms with E-state index in [9.17, 15) is 13.2 Å². The Balaban J connectivity index is 2.93. The van der Waals surface area contributed by atoms with Crippen molar-refractivity contribution in [3.63, 3.8) is 0 Å². The molecular weight excluding hydrogens is 314 g/mol. The van der Waals surface area contributed by atoms with Gasteiger partial charge in [-0.2, -0.15) is 0 Å². The molecule has 118 valence electrons. The van der Waals surface area contributed by atoms with E-state index >= 15 is 0 Å². The van der Waals surface area contributed by atoms with Crippen LogP contribution in [0.4, 0.5) is 0 Å². The molecule has 5 nitrogen and oxygen atoms in total. The van der Waals surface area contributed by atoms with E-state index in [2.05, 4.69) is 5.32 Å². The second kappa shape index (κ2) is 7.66. The van der Waals surface area contributed by atoms with Gasteiger partial charge in [-0.1, -0.05) is 13.3 Å². The number of halogens is 1. The van der Waals surface area contributed by atoms with Gasteiger partial charge in [-0.25, -0.2) is 8.42 Å². The third-order valence-corrected chi connectivity index (χ3v) is 4.37. The van der Waals surface area contributed by atoms with Crippen LogP contribution in [0, 0.1) is 0 Å². The fourth-order valence-corrected chi connectivity index (χ4v) is 2.85. The van der Waals surface area contributed by atoms with E-state index < -0.39 is 9.05 Å². The predicted molar refractivity (Wildman–Crippen MR) is 82.2 cm³/mol. The van der Waals surface area contributed by atoms with Gasteiger partial charge in [-0.15, -0.1) is 0 Å². The first-order valence-electron chi connectivity index (χ1n) is 6.68. The van der Waals surface area contributed by atoms with E-state index in [1.54, 1.807) is 0 Å². The maximum absolute atomic E-state index is 12.0. The molecule has 1 rings (SSSR count). The van der Waals surface area contributed by atoms with Gasteiger partial charge in [0.1, 0.15) is 5.75 Å². The SMILES string of the molecule is CCCC(C)NC(=O)Cc1cc(S(=O)(=O)Cl)ccc1OC. The Kier molecular flexibility index (Phi) is 6.48. The molecule has 0 aromatic heterocycles. The van der Waals surface area contributed by atoms with Gasteiger partial charge in [0.25, 0.3) is 9.05 Å². The molecule has 1 amide bonds. The normalized spacial score (nSPS) is 12.8. The number of amides is 1. The summed E-state index contributed by atoms with van der Waals surface area (Å²) in [6.45, 7) is 3.97. The molecule has 1 aromatic carbocycles. The van der Waals surface area contributed by atoms with E-state index in [4.69, 9.17) is 15.4 Å². The molecule has 0 radical (unpaired) electrons. The summed E-state index contributed by atoms with van der Waals surface area (Å²) in [4.78, 5) is 11.9. The number of methoxy groups -OCH3 is 1. The zero-order valence-electron chi connectivity index (χ0n) is 12.3. The van der Waals surface area contributed by atoms with Crippen LogP contribution in [0.15, 0.2) is 23.1 Å². The van der Waals surface area contributed by atoms with E-state index in [-0.39, 0.29) is 23.3 Å². The Hall–Kier alpha value is -1.27. The third kappa shape index (κ3) is 5.55. The van der Waals surface area contributed by atoms with E-state index in [0.29, 0.717) is 11.3 Å². The minimum atomic E-state index is -3.83. The van der Waals surface area contributed by atoms with Crippen molar-refractivity contribution in [3.8, 4) is 5.75 Å². The molecule has 0 saturated heterocycles. The molecule has 0 bridgehead atoms. The Morgan fingerprint density at radius 3 is 2.62 bits per heavy atom. The molecule has 0 spiro atoms. The summed E-state index contributed by atoms with van der Waals surface area (Å²) >= 11 is 0. The average Bonchev–Trinajstić information content (AvgIpc) is 2.37. The van der Waals surface area contributed by atoms with Crippen LogP contribution in [-0.4, -0.2) is 27.5 Å². The van der Waals surface area contributed by atoms with Crippen LogP contribution in [0.5, 0.6) is 5.75 Å². The van der Waals surface area contributed by atoms with Crippen molar-refractivity contribution in [1.82, 2.24) is 5.32 Å². The Labute approximate surface area is 130 Å². The highest BCUT2D eigenvalue weighted by molar-refractivity contribution is 8.13. The molecule has 21 heavy (non-hydrogen) atoms. The van der Waals surface area contributed by atoms with Crippen molar-refractivity contribution < 1.29 is 17.9 Å². The number of hydrogen-bond donors (Lipinski definition) is 1. The molecule has 1 N–H and O–H groups in total. The van der Waals surface area contributed by atoms with Crippen LogP contribution >= 0.6 is 10.7 Å². The number of rotatable bonds is 7. The third-order valence-electron chi connectivity index (χ3n) is 3.01. The van der Waals surface area contributed by atoms with Gasteiger partial charge >= 0.3 is 0 Å². The molecule has 0 fully saturated rings. The summed E-state index contributed by atoms with van der Waals surface area (Å²) in [6, 6.07) is 4.29. The highest BCUT2D eigenvalue weighted by atomic mass is 35.7. The monoisotopic (exact) mass is 333 g/mol. The summed E-state index contributed by atoms with van der Waals surface area (Å²) < 4.78 is 27.9. The second-order valence-corrected chi connectivity index (χ2v) is 7.41. The van der Waals surface area contributed by atoms with Gasteiger partial charge in [-0.3, -0.25) is 4.79 Å².